The maximum Gasteiger partial charge on any atom is 0.229 e. The summed E-state index contributed by atoms with van der Waals surface area (Å²) in [6.45, 7) is 2.56. The van der Waals surface area contributed by atoms with Gasteiger partial charge in [-0.05, 0) is 37.3 Å². The molecule has 0 atom stereocenters. The lowest BCUT2D eigenvalue weighted by atomic mass is 10.3. The van der Waals surface area contributed by atoms with Crippen LogP contribution in [0.2, 0.25) is 0 Å². The Kier molecular flexibility index (Phi) is 5.31. The first-order valence-electron chi connectivity index (χ1n) is 8.01. The molecule has 3 rings (SSSR count). The smallest absolute Gasteiger partial charge is 0.229 e. The minimum atomic E-state index is 0.493. The van der Waals surface area contributed by atoms with Crippen molar-refractivity contribution in [2.45, 2.75) is 6.92 Å². The molecule has 0 aliphatic carbocycles. The van der Waals surface area contributed by atoms with Gasteiger partial charge in [-0.15, -0.1) is 0 Å². The van der Waals surface area contributed by atoms with Gasteiger partial charge in [-0.3, -0.25) is 0 Å². The number of ether oxygens (including phenoxy) is 2. The van der Waals surface area contributed by atoms with Crippen molar-refractivity contribution in [3.8, 4) is 11.5 Å². The number of hydrogen-bond donors (Lipinski definition) is 2. The predicted molar refractivity (Wildman–Crippen MR) is 99.2 cm³/mol. The van der Waals surface area contributed by atoms with Crippen molar-refractivity contribution in [1.82, 2.24) is 9.97 Å². The van der Waals surface area contributed by atoms with Crippen LogP contribution in [0.15, 0.2) is 60.8 Å². The Bertz CT molecular complexity index is 839. The fourth-order valence-corrected chi connectivity index (χ4v) is 2.31. The third-order valence-corrected chi connectivity index (χ3v) is 3.43. The summed E-state index contributed by atoms with van der Waals surface area (Å²) in [4.78, 5) is 8.75. The zero-order valence-electron chi connectivity index (χ0n) is 14.2. The van der Waals surface area contributed by atoms with Crippen LogP contribution in [0.4, 0.5) is 23.1 Å². The van der Waals surface area contributed by atoms with Crippen molar-refractivity contribution in [2.24, 2.45) is 0 Å². The molecule has 0 unspecified atom stereocenters. The first kappa shape index (κ1) is 16.6. The van der Waals surface area contributed by atoms with Gasteiger partial charge in [-0.1, -0.05) is 18.2 Å². The van der Waals surface area contributed by atoms with Crippen LogP contribution in [-0.2, 0) is 0 Å². The van der Waals surface area contributed by atoms with Gasteiger partial charge in [0.15, 0.2) is 0 Å². The first-order chi connectivity index (χ1) is 12.3. The van der Waals surface area contributed by atoms with Gasteiger partial charge in [0.05, 0.1) is 19.4 Å². The molecule has 6 heteroatoms. The standard InChI is InChI=1S/C19H20N4O2/c1-3-25-17-10-5-4-9-16(17)22-18-11-12-20-19(23-18)21-14-7-6-8-15(13-14)24-2/h4-13H,3H2,1-2H3,(H2,20,21,22,23). The van der Waals surface area contributed by atoms with E-state index >= 15 is 0 Å². The van der Waals surface area contributed by atoms with Crippen LogP contribution in [0.3, 0.4) is 0 Å². The summed E-state index contributed by atoms with van der Waals surface area (Å²) in [5.41, 5.74) is 1.71. The Balaban J connectivity index is 1.77. The number of methoxy groups -OCH3 is 1. The van der Waals surface area contributed by atoms with E-state index in [1.54, 1.807) is 19.4 Å². The average Bonchev–Trinajstić information content (AvgIpc) is 2.64. The first-order valence-corrected chi connectivity index (χ1v) is 8.01. The second-order valence-electron chi connectivity index (χ2n) is 5.18. The predicted octanol–water partition coefficient (Wildman–Crippen LogP) is 4.37. The van der Waals surface area contributed by atoms with Crippen molar-refractivity contribution >= 4 is 23.1 Å². The van der Waals surface area contributed by atoms with Crippen LogP contribution in [0.25, 0.3) is 0 Å². The second-order valence-corrected chi connectivity index (χ2v) is 5.18. The maximum atomic E-state index is 5.63. The van der Waals surface area contributed by atoms with E-state index in [4.69, 9.17) is 9.47 Å². The van der Waals surface area contributed by atoms with Gasteiger partial charge in [0.1, 0.15) is 17.3 Å². The zero-order chi connectivity index (χ0) is 17.5. The fraction of sp³-hybridized carbons (Fsp3) is 0.158. The van der Waals surface area contributed by atoms with Gasteiger partial charge in [0.25, 0.3) is 0 Å². The van der Waals surface area contributed by atoms with Gasteiger partial charge < -0.3 is 20.1 Å². The van der Waals surface area contributed by atoms with Crippen LogP contribution in [0, 0.1) is 0 Å². The van der Waals surface area contributed by atoms with E-state index in [2.05, 4.69) is 20.6 Å². The molecule has 0 spiro atoms. The van der Waals surface area contributed by atoms with Crippen LogP contribution in [0.5, 0.6) is 11.5 Å². The minimum absolute atomic E-state index is 0.493. The fourth-order valence-electron chi connectivity index (χ4n) is 2.31. The lowest BCUT2D eigenvalue weighted by Gasteiger charge is -2.12. The van der Waals surface area contributed by atoms with Crippen molar-refractivity contribution < 1.29 is 9.47 Å². The molecule has 0 aliphatic rings. The van der Waals surface area contributed by atoms with Crippen LogP contribution in [0.1, 0.15) is 6.92 Å². The molecule has 128 valence electrons. The Morgan fingerprint density at radius 3 is 2.72 bits per heavy atom. The van der Waals surface area contributed by atoms with E-state index in [0.29, 0.717) is 18.4 Å². The van der Waals surface area contributed by atoms with Gasteiger partial charge in [0.2, 0.25) is 5.95 Å². The molecule has 1 aromatic heterocycles. The Morgan fingerprint density at radius 2 is 1.88 bits per heavy atom. The molecular formula is C19H20N4O2. The highest BCUT2D eigenvalue weighted by molar-refractivity contribution is 5.65. The average molecular weight is 336 g/mol. The van der Waals surface area contributed by atoms with Gasteiger partial charge in [-0.2, -0.15) is 4.98 Å². The van der Waals surface area contributed by atoms with Gasteiger partial charge >= 0.3 is 0 Å². The SMILES string of the molecule is CCOc1ccccc1Nc1ccnc(Nc2cccc(OC)c2)n1. The number of aromatic nitrogens is 2. The lowest BCUT2D eigenvalue weighted by molar-refractivity contribution is 0.342. The summed E-state index contributed by atoms with van der Waals surface area (Å²) in [6.07, 6.45) is 1.70. The maximum absolute atomic E-state index is 5.63. The molecule has 0 saturated heterocycles. The molecule has 0 fully saturated rings. The molecule has 3 aromatic rings. The lowest BCUT2D eigenvalue weighted by Crippen LogP contribution is -2.02. The van der Waals surface area contributed by atoms with Gasteiger partial charge in [-0.25, -0.2) is 4.98 Å². The number of anilines is 4. The highest BCUT2D eigenvalue weighted by Gasteiger charge is 2.05. The van der Waals surface area contributed by atoms with E-state index in [9.17, 15) is 0 Å². The molecule has 0 aliphatic heterocycles. The number of nitrogens with one attached hydrogen (secondary N) is 2. The van der Waals surface area contributed by atoms with E-state index < -0.39 is 0 Å². The van der Waals surface area contributed by atoms with E-state index in [1.165, 1.54) is 0 Å². The summed E-state index contributed by atoms with van der Waals surface area (Å²) < 4.78 is 10.8. The molecule has 0 amide bonds. The largest absolute Gasteiger partial charge is 0.497 e. The Morgan fingerprint density at radius 1 is 1.00 bits per heavy atom. The highest BCUT2D eigenvalue weighted by atomic mass is 16.5. The zero-order valence-corrected chi connectivity index (χ0v) is 14.2. The monoisotopic (exact) mass is 336 g/mol. The molecular weight excluding hydrogens is 316 g/mol. The summed E-state index contributed by atoms with van der Waals surface area (Å²) in [6, 6.07) is 17.2. The van der Waals surface area contributed by atoms with E-state index in [0.717, 1.165) is 22.9 Å². The Labute approximate surface area is 146 Å². The van der Waals surface area contributed by atoms with Crippen molar-refractivity contribution in [3.05, 3.63) is 60.8 Å². The van der Waals surface area contributed by atoms with Crippen molar-refractivity contribution in [3.63, 3.8) is 0 Å². The van der Waals surface area contributed by atoms with Crippen molar-refractivity contribution in [1.29, 1.82) is 0 Å². The second kappa shape index (κ2) is 8.01. The van der Waals surface area contributed by atoms with E-state index in [-0.39, 0.29) is 0 Å². The minimum Gasteiger partial charge on any atom is -0.497 e. The molecule has 25 heavy (non-hydrogen) atoms. The molecule has 0 radical (unpaired) electrons. The third-order valence-electron chi connectivity index (χ3n) is 3.43. The van der Waals surface area contributed by atoms with Crippen LogP contribution >= 0.6 is 0 Å². The number of rotatable bonds is 7. The molecule has 0 saturated carbocycles. The number of hydrogen-bond acceptors (Lipinski definition) is 6. The third kappa shape index (κ3) is 4.38. The van der Waals surface area contributed by atoms with Gasteiger partial charge in [0, 0.05) is 18.0 Å². The number of nitrogens with zero attached hydrogens (tertiary/aromatic N) is 2. The quantitative estimate of drug-likeness (QED) is 0.668. The molecule has 2 aromatic carbocycles. The highest BCUT2D eigenvalue weighted by Crippen LogP contribution is 2.27. The molecule has 2 N–H and O–H groups in total. The summed E-state index contributed by atoms with van der Waals surface area (Å²) >= 11 is 0. The Hall–Kier alpha value is -3.28. The van der Waals surface area contributed by atoms with Crippen LogP contribution < -0.4 is 20.1 Å². The number of para-hydroxylation sites is 2. The molecule has 1 heterocycles. The molecule has 6 nitrogen and oxygen atoms in total. The summed E-state index contributed by atoms with van der Waals surface area (Å²) in [5, 5.41) is 6.44. The molecule has 0 bridgehead atoms. The van der Waals surface area contributed by atoms with Crippen LogP contribution in [-0.4, -0.2) is 23.7 Å². The summed E-state index contributed by atoms with van der Waals surface area (Å²) in [7, 11) is 1.63. The van der Waals surface area contributed by atoms with Crippen molar-refractivity contribution in [2.75, 3.05) is 24.4 Å². The van der Waals surface area contributed by atoms with E-state index in [1.807, 2.05) is 55.5 Å². The number of benzene rings is 2. The summed E-state index contributed by atoms with van der Waals surface area (Å²) in [5.74, 6) is 2.72. The topological polar surface area (TPSA) is 68.3 Å². The normalized spacial score (nSPS) is 10.2.